The van der Waals surface area contributed by atoms with Crippen LogP contribution in [0, 0.1) is 0 Å². The summed E-state index contributed by atoms with van der Waals surface area (Å²) in [5, 5.41) is 0.949. The zero-order valence-corrected chi connectivity index (χ0v) is 13.2. The predicted molar refractivity (Wildman–Crippen MR) is 89.8 cm³/mol. The molecule has 108 valence electrons. The van der Waals surface area contributed by atoms with Crippen molar-refractivity contribution < 1.29 is 0 Å². The summed E-state index contributed by atoms with van der Waals surface area (Å²) in [6.07, 6.45) is 0. The second-order valence-corrected chi connectivity index (χ2v) is 5.79. The van der Waals surface area contributed by atoms with Gasteiger partial charge in [-0.2, -0.15) is 0 Å². The van der Waals surface area contributed by atoms with Crippen LogP contribution in [-0.4, -0.2) is 23.6 Å². The number of halogens is 2. The normalized spacial score (nSPS) is 11.0. The molecule has 0 unspecified atom stereocenters. The van der Waals surface area contributed by atoms with Gasteiger partial charge in [0.25, 0.3) is 0 Å². The van der Waals surface area contributed by atoms with Crippen LogP contribution in [0.15, 0.2) is 36.4 Å². The first-order valence-electron chi connectivity index (χ1n) is 6.38. The summed E-state index contributed by atoms with van der Waals surface area (Å²) < 4.78 is 1.87. The number of nitrogen functional groups attached to an aromatic ring is 1. The fraction of sp³-hybridized carbons (Fsp3) is 0.133. The van der Waals surface area contributed by atoms with Crippen molar-refractivity contribution >= 4 is 45.9 Å². The maximum atomic E-state index is 6.12. The smallest absolute Gasteiger partial charge is 0.205 e. The standard InChI is InChI=1S/C15H14Cl2N4/c1-20(2)9-4-3-5-10(6-9)21-14-8-12(17)11(16)7-13(14)19-15(21)18/h3-8H,1-2H3,(H2,18,19). The molecule has 4 nitrogen and oxygen atoms in total. The Bertz CT molecular complexity index is 824. The van der Waals surface area contributed by atoms with E-state index in [9.17, 15) is 0 Å². The number of hydrogen-bond donors (Lipinski definition) is 1. The fourth-order valence-corrected chi connectivity index (χ4v) is 2.59. The summed E-state index contributed by atoms with van der Waals surface area (Å²) in [4.78, 5) is 6.38. The highest BCUT2D eigenvalue weighted by Crippen LogP contribution is 2.31. The highest BCUT2D eigenvalue weighted by Gasteiger charge is 2.13. The van der Waals surface area contributed by atoms with Gasteiger partial charge < -0.3 is 10.6 Å². The fourth-order valence-electron chi connectivity index (χ4n) is 2.27. The van der Waals surface area contributed by atoms with E-state index >= 15 is 0 Å². The maximum absolute atomic E-state index is 6.12. The Morgan fingerprint density at radius 3 is 2.52 bits per heavy atom. The van der Waals surface area contributed by atoms with Crippen molar-refractivity contribution in [1.29, 1.82) is 0 Å². The number of nitrogens with zero attached hydrogens (tertiary/aromatic N) is 3. The molecule has 0 radical (unpaired) electrons. The highest BCUT2D eigenvalue weighted by atomic mass is 35.5. The van der Waals surface area contributed by atoms with Crippen LogP contribution in [0.25, 0.3) is 16.7 Å². The Balaban J connectivity index is 2.27. The zero-order valence-electron chi connectivity index (χ0n) is 11.6. The molecule has 0 bridgehead atoms. The number of nitrogens with two attached hydrogens (primary N) is 1. The number of rotatable bonds is 2. The Kier molecular flexibility index (Phi) is 3.43. The van der Waals surface area contributed by atoms with Crippen LogP contribution in [0.5, 0.6) is 0 Å². The van der Waals surface area contributed by atoms with E-state index in [0.29, 0.717) is 16.0 Å². The largest absolute Gasteiger partial charge is 0.378 e. The summed E-state index contributed by atoms with van der Waals surface area (Å²) in [6, 6.07) is 11.5. The molecule has 0 amide bonds. The molecule has 6 heteroatoms. The summed E-state index contributed by atoms with van der Waals surface area (Å²) in [5.74, 6) is 0.402. The summed E-state index contributed by atoms with van der Waals surface area (Å²) in [6.45, 7) is 0. The van der Waals surface area contributed by atoms with Gasteiger partial charge in [0.2, 0.25) is 5.95 Å². The second kappa shape index (κ2) is 5.13. The summed E-state index contributed by atoms with van der Waals surface area (Å²) in [5.41, 5.74) is 9.62. The van der Waals surface area contributed by atoms with Crippen LogP contribution in [0.2, 0.25) is 10.0 Å². The minimum atomic E-state index is 0.402. The lowest BCUT2D eigenvalue weighted by atomic mass is 10.2. The Hall–Kier alpha value is -1.91. The SMILES string of the molecule is CN(C)c1cccc(-n2c(N)nc3cc(Cl)c(Cl)cc32)c1. The van der Waals surface area contributed by atoms with E-state index in [0.717, 1.165) is 22.4 Å². The molecular formula is C15H14Cl2N4. The second-order valence-electron chi connectivity index (χ2n) is 4.97. The lowest BCUT2D eigenvalue weighted by Gasteiger charge is -2.14. The van der Waals surface area contributed by atoms with E-state index in [4.69, 9.17) is 28.9 Å². The van der Waals surface area contributed by atoms with E-state index in [-0.39, 0.29) is 0 Å². The van der Waals surface area contributed by atoms with Gasteiger partial charge in [0.15, 0.2) is 0 Å². The van der Waals surface area contributed by atoms with Crippen LogP contribution < -0.4 is 10.6 Å². The van der Waals surface area contributed by atoms with Crippen LogP contribution in [0.1, 0.15) is 0 Å². The molecule has 0 fully saturated rings. The Labute approximate surface area is 132 Å². The van der Waals surface area contributed by atoms with Gasteiger partial charge in [-0.25, -0.2) is 4.98 Å². The van der Waals surface area contributed by atoms with Gasteiger partial charge >= 0.3 is 0 Å². The van der Waals surface area contributed by atoms with Gasteiger partial charge in [-0.15, -0.1) is 0 Å². The Morgan fingerprint density at radius 1 is 1.10 bits per heavy atom. The number of aromatic nitrogens is 2. The summed E-state index contributed by atoms with van der Waals surface area (Å²) >= 11 is 12.1. The average molecular weight is 321 g/mol. The number of anilines is 2. The van der Waals surface area contributed by atoms with Crippen molar-refractivity contribution in [3.63, 3.8) is 0 Å². The third-order valence-electron chi connectivity index (χ3n) is 3.33. The van der Waals surface area contributed by atoms with E-state index in [1.54, 1.807) is 12.1 Å². The van der Waals surface area contributed by atoms with E-state index < -0.39 is 0 Å². The molecule has 2 N–H and O–H groups in total. The number of hydrogen-bond acceptors (Lipinski definition) is 3. The molecule has 1 aromatic heterocycles. The molecule has 21 heavy (non-hydrogen) atoms. The van der Waals surface area contributed by atoms with Gasteiger partial charge in [0.05, 0.1) is 26.8 Å². The monoisotopic (exact) mass is 320 g/mol. The van der Waals surface area contributed by atoms with Crippen LogP contribution in [-0.2, 0) is 0 Å². The molecular weight excluding hydrogens is 307 g/mol. The minimum absolute atomic E-state index is 0.402. The van der Waals surface area contributed by atoms with Crippen molar-refractivity contribution in [3.8, 4) is 5.69 Å². The first kappa shape index (κ1) is 14.0. The quantitative estimate of drug-likeness (QED) is 0.776. The zero-order chi connectivity index (χ0) is 15.1. The molecule has 0 aliphatic rings. The predicted octanol–water partition coefficient (Wildman–Crippen LogP) is 3.98. The minimum Gasteiger partial charge on any atom is -0.378 e. The molecule has 0 atom stereocenters. The van der Waals surface area contributed by atoms with Crippen LogP contribution in [0.4, 0.5) is 11.6 Å². The van der Waals surface area contributed by atoms with Crippen LogP contribution in [0.3, 0.4) is 0 Å². The van der Waals surface area contributed by atoms with Gasteiger partial charge in [0.1, 0.15) is 0 Å². The maximum Gasteiger partial charge on any atom is 0.205 e. The molecule has 0 aliphatic heterocycles. The van der Waals surface area contributed by atoms with Crippen molar-refractivity contribution in [2.45, 2.75) is 0 Å². The highest BCUT2D eigenvalue weighted by molar-refractivity contribution is 6.42. The lowest BCUT2D eigenvalue weighted by molar-refractivity contribution is 1.09. The summed E-state index contributed by atoms with van der Waals surface area (Å²) in [7, 11) is 3.98. The molecule has 3 aromatic rings. The third kappa shape index (κ3) is 2.41. The number of benzene rings is 2. The van der Waals surface area contributed by atoms with Gasteiger partial charge in [0, 0.05) is 19.8 Å². The van der Waals surface area contributed by atoms with Crippen molar-refractivity contribution in [3.05, 3.63) is 46.4 Å². The molecule has 2 aromatic carbocycles. The van der Waals surface area contributed by atoms with Gasteiger partial charge in [-0.3, -0.25) is 4.57 Å². The van der Waals surface area contributed by atoms with Crippen molar-refractivity contribution in [2.24, 2.45) is 0 Å². The molecule has 3 rings (SSSR count). The Morgan fingerprint density at radius 2 is 1.81 bits per heavy atom. The first-order valence-corrected chi connectivity index (χ1v) is 7.13. The van der Waals surface area contributed by atoms with Gasteiger partial charge in [-0.05, 0) is 30.3 Å². The molecule has 0 saturated carbocycles. The molecule has 0 saturated heterocycles. The van der Waals surface area contributed by atoms with Crippen molar-refractivity contribution in [2.75, 3.05) is 24.7 Å². The average Bonchev–Trinajstić information content (AvgIpc) is 2.74. The molecule has 0 spiro atoms. The molecule has 1 heterocycles. The van der Waals surface area contributed by atoms with Gasteiger partial charge in [-0.1, -0.05) is 29.3 Å². The topological polar surface area (TPSA) is 47.1 Å². The third-order valence-corrected chi connectivity index (χ3v) is 4.05. The van der Waals surface area contributed by atoms with E-state index in [1.165, 1.54) is 0 Å². The van der Waals surface area contributed by atoms with E-state index in [1.807, 2.05) is 47.8 Å². The first-order chi connectivity index (χ1) is 9.97. The number of fused-ring (bicyclic) bond motifs is 1. The molecule has 0 aliphatic carbocycles. The number of imidazole rings is 1. The lowest BCUT2D eigenvalue weighted by Crippen LogP contribution is -2.09. The van der Waals surface area contributed by atoms with Crippen LogP contribution >= 0.6 is 23.2 Å². The van der Waals surface area contributed by atoms with Crippen molar-refractivity contribution in [1.82, 2.24) is 9.55 Å². The van der Waals surface area contributed by atoms with E-state index in [2.05, 4.69) is 4.98 Å².